The zero-order valence-corrected chi connectivity index (χ0v) is 9.08. The van der Waals surface area contributed by atoms with Crippen LogP contribution in [0.2, 0.25) is 0 Å². The number of ether oxygens (including phenoxy) is 1. The lowest BCUT2D eigenvalue weighted by Gasteiger charge is -2.16. The van der Waals surface area contributed by atoms with E-state index in [0.717, 1.165) is 0 Å². The largest absolute Gasteiger partial charge is 0.573 e. The molecule has 0 aliphatic rings. The first-order valence-corrected chi connectivity index (χ1v) is 4.97. The van der Waals surface area contributed by atoms with Gasteiger partial charge in [-0.05, 0) is 18.6 Å². The molecule has 0 radical (unpaired) electrons. The van der Waals surface area contributed by atoms with Gasteiger partial charge in [0.25, 0.3) is 0 Å². The molecular weight excluding hydrogens is 233 g/mol. The van der Waals surface area contributed by atoms with Gasteiger partial charge in [-0.25, -0.2) is 0 Å². The van der Waals surface area contributed by atoms with E-state index in [4.69, 9.17) is 5.26 Å². The fraction of sp³-hybridized carbons (Fsp3) is 0.364. The summed E-state index contributed by atoms with van der Waals surface area (Å²) in [4.78, 5) is 0. The molecule has 1 N–H and O–H groups in total. The molecule has 0 saturated carbocycles. The van der Waals surface area contributed by atoms with E-state index in [9.17, 15) is 13.2 Å². The summed E-state index contributed by atoms with van der Waals surface area (Å²) >= 11 is 0. The number of nitriles is 1. The van der Waals surface area contributed by atoms with Gasteiger partial charge in [-0.3, -0.25) is 0 Å². The molecule has 3 nitrogen and oxygen atoms in total. The lowest BCUT2D eigenvalue weighted by molar-refractivity contribution is -0.274. The highest BCUT2D eigenvalue weighted by molar-refractivity contribution is 5.57. The van der Waals surface area contributed by atoms with E-state index in [1.165, 1.54) is 18.2 Å². The van der Waals surface area contributed by atoms with E-state index in [1.54, 1.807) is 13.0 Å². The summed E-state index contributed by atoms with van der Waals surface area (Å²) < 4.78 is 40.2. The molecule has 0 aliphatic heterocycles. The molecule has 0 amide bonds. The molecule has 1 aromatic rings. The molecule has 6 heteroatoms. The minimum atomic E-state index is -4.74. The third-order valence-electron chi connectivity index (χ3n) is 2.01. The molecule has 0 spiro atoms. The molecule has 0 saturated heterocycles. The smallest absolute Gasteiger partial charge is 0.404 e. The maximum atomic E-state index is 12.1. The highest BCUT2D eigenvalue weighted by atomic mass is 19.4. The van der Waals surface area contributed by atoms with Crippen molar-refractivity contribution in [3.8, 4) is 11.8 Å². The Morgan fingerprint density at radius 1 is 1.41 bits per heavy atom. The quantitative estimate of drug-likeness (QED) is 0.883. The lowest BCUT2D eigenvalue weighted by atomic mass is 10.2. The number of hydrogen-bond acceptors (Lipinski definition) is 3. The van der Waals surface area contributed by atoms with Crippen LogP contribution in [0.15, 0.2) is 24.3 Å². The minimum absolute atomic E-state index is 0.151. The topological polar surface area (TPSA) is 45.0 Å². The number of hydrogen-bond donors (Lipinski definition) is 1. The maximum Gasteiger partial charge on any atom is 0.573 e. The van der Waals surface area contributed by atoms with Crippen LogP contribution in [0.25, 0.3) is 0 Å². The Balaban J connectivity index is 2.89. The Kier molecular flexibility index (Phi) is 4.21. The fourth-order valence-corrected chi connectivity index (χ4v) is 1.21. The van der Waals surface area contributed by atoms with E-state index in [-0.39, 0.29) is 11.4 Å². The van der Waals surface area contributed by atoms with Gasteiger partial charge in [0.15, 0.2) is 5.75 Å². The van der Waals surface area contributed by atoms with E-state index >= 15 is 0 Å². The van der Waals surface area contributed by atoms with Crippen LogP contribution in [0, 0.1) is 11.3 Å². The lowest BCUT2D eigenvalue weighted by Crippen LogP contribution is -2.20. The number of para-hydroxylation sites is 2. The van der Waals surface area contributed by atoms with Gasteiger partial charge in [0.05, 0.1) is 11.8 Å². The zero-order valence-electron chi connectivity index (χ0n) is 9.08. The third-order valence-corrected chi connectivity index (χ3v) is 2.01. The molecule has 0 heterocycles. The number of alkyl halides is 3. The van der Waals surface area contributed by atoms with E-state index < -0.39 is 12.4 Å². The molecule has 1 atom stereocenters. The number of nitrogens with zero attached hydrogens (tertiary/aromatic N) is 1. The normalized spacial score (nSPS) is 12.6. The summed E-state index contributed by atoms with van der Waals surface area (Å²) in [6, 6.07) is 7.02. The van der Waals surface area contributed by atoms with Crippen LogP contribution in [0.5, 0.6) is 5.75 Å². The number of halogens is 3. The Morgan fingerprint density at radius 3 is 2.59 bits per heavy atom. The minimum Gasteiger partial charge on any atom is -0.404 e. The molecular formula is C11H11F3N2O. The van der Waals surface area contributed by atoms with Crippen molar-refractivity contribution in [2.45, 2.75) is 25.7 Å². The SMILES string of the molecule is CCC(C#N)Nc1ccccc1OC(F)(F)F. The van der Waals surface area contributed by atoms with E-state index in [1.807, 2.05) is 6.07 Å². The van der Waals surface area contributed by atoms with Gasteiger partial charge in [0.1, 0.15) is 6.04 Å². The zero-order chi connectivity index (χ0) is 12.9. The van der Waals surface area contributed by atoms with Gasteiger partial charge >= 0.3 is 6.36 Å². The highest BCUT2D eigenvalue weighted by Gasteiger charge is 2.32. The first-order valence-electron chi connectivity index (χ1n) is 4.97. The Hall–Kier alpha value is -1.90. The second-order valence-electron chi connectivity index (χ2n) is 3.28. The van der Waals surface area contributed by atoms with E-state index in [2.05, 4.69) is 10.1 Å². The average molecular weight is 244 g/mol. The van der Waals surface area contributed by atoms with Crippen molar-refractivity contribution >= 4 is 5.69 Å². The molecule has 0 aliphatic carbocycles. The van der Waals surface area contributed by atoms with Gasteiger partial charge in [-0.2, -0.15) is 5.26 Å². The number of rotatable bonds is 4. The molecule has 1 unspecified atom stereocenters. The Labute approximate surface area is 96.8 Å². The molecule has 17 heavy (non-hydrogen) atoms. The van der Waals surface area contributed by atoms with E-state index in [0.29, 0.717) is 6.42 Å². The molecule has 0 bridgehead atoms. The first-order chi connectivity index (χ1) is 7.96. The van der Waals surface area contributed by atoms with Gasteiger partial charge < -0.3 is 10.1 Å². The van der Waals surface area contributed by atoms with Crippen molar-refractivity contribution in [2.75, 3.05) is 5.32 Å². The molecule has 1 rings (SSSR count). The number of nitrogens with one attached hydrogen (secondary N) is 1. The molecule has 0 aromatic heterocycles. The summed E-state index contributed by atoms with van der Waals surface area (Å²) in [6.45, 7) is 1.76. The van der Waals surface area contributed by atoms with Crippen molar-refractivity contribution < 1.29 is 17.9 Å². The predicted molar refractivity (Wildman–Crippen MR) is 56.4 cm³/mol. The summed E-state index contributed by atoms with van der Waals surface area (Å²) in [5.41, 5.74) is 0.151. The van der Waals surface area contributed by atoms with Crippen LogP contribution >= 0.6 is 0 Å². The van der Waals surface area contributed by atoms with Crippen molar-refractivity contribution in [2.24, 2.45) is 0 Å². The average Bonchev–Trinajstić information content (AvgIpc) is 2.26. The van der Waals surface area contributed by atoms with Crippen molar-refractivity contribution in [3.05, 3.63) is 24.3 Å². The van der Waals surface area contributed by atoms with Crippen LogP contribution in [0.1, 0.15) is 13.3 Å². The van der Waals surface area contributed by atoms with Crippen LogP contribution < -0.4 is 10.1 Å². The molecule has 92 valence electrons. The first kappa shape index (κ1) is 13.2. The van der Waals surface area contributed by atoms with Crippen molar-refractivity contribution in [1.82, 2.24) is 0 Å². The van der Waals surface area contributed by atoms with Gasteiger partial charge in [0.2, 0.25) is 0 Å². The van der Waals surface area contributed by atoms with Crippen LogP contribution in [-0.4, -0.2) is 12.4 Å². The molecule has 0 fully saturated rings. The van der Waals surface area contributed by atoms with Crippen molar-refractivity contribution in [1.29, 1.82) is 5.26 Å². The number of benzene rings is 1. The van der Waals surface area contributed by atoms with Gasteiger partial charge in [-0.1, -0.05) is 19.1 Å². The summed E-state index contributed by atoms with van der Waals surface area (Å²) in [6.07, 6.45) is -4.26. The summed E-state index contributed by atoms with van der Waals surface area (Å²) in [5.74, 6) is -0.339. The fourth-order valence-electron chi connectivity index (χ4n) is 1.21. The van der Waals surface area contributed by atoms with Crippen LogP contribution in [-0.2, 0) is 0 Å². The second-order valence-corrected chi connectivity index (χ2v) is 3.28. The monoisotopic (exact) mass is 244 g/mol. The van der Waals surface area contributed by atoms with Crippen molar-refractivity contribution in [3.63, 3.8) is 0 Å². The summed E-state index contributed by atoms with van der Waals surface area (Å²) in [7, 11) is 0. The standard InChI is InChI=1S/C11H11F3N2O/c1-2-8(7-15)16-9-5-3-4-6-10(9)17-11(12,13)14/h3-6,8,16H,2H2,1H3. The Morgan fingerprint density at radius 2 is 2.06 bits per heavy atom. The van der Waals surface area contributed by atoms with Crippen LogP contribution in [0.3, 0.4) is 0 Å². The second kappa shape index (κ2) is 5.43. The maximum absolute atomic E-state index is 12.1. The van der Waals surface area contributed by atoms with Gasteiger partial charge in [0, 0.05) is 0 Å². The molecule has 1 aromatic carbocycles. The third kappa shape index (κ3) is 4.23. The highest BCUT2D eigenvalue weighted by Crippen LogP contribution is 2.30. The number of anilines is 1. The van der Waals surface area contributed by atoms with Gasteiger partial charge in [-0.15, -0.1) is 13.2 Å². The predicted octanol–water partition coefficient (Wildman–Crippen LogP) is 3.30. The Bertz CT molecular complexity index is 412. The van der Waals surface area contributed by atoms with Crippen LogP contribution in [0.4, 0.5) is 18.9 Å². The summed E-state index contributed by atoms with van der Waals surface area (Å²) in [5, 5.41) is 11.4.